The second-order valence-electron chi connectivity index (χ2n) is 10.3. The molecule has 178 valence electrons. The van der Waals surface area contributed by atoms with E-state index in [0.717, 1.165) is 32.5 Å². The number of phenols is 1. The molecule has 3 unspecified atom stereocenters. The fraction of sp³-hybridized carbons (Fsp3) is 0.692. The van der Waals surface area contributed by atoms with Gasteiger partial charge in [0.25, 0.3) is 0 Å². The summed E-state index contributed by atoms with van der Waals surface area (Å²) in [5.74, 6) is 0.972. The van der Waals surface area contributed by atoms with Crippen LogP contribution in [-0.2, 0) is 15.0 Å². The highest BCUT2D eigenvalue weighted by molar-refractivity contribution is 5.80. The maximum Gasteiger partial charge on any atom is 0.224 e. The molecule has 2 aliphatic rings. The predicted molar refractivity (Wildman–Crippen MR) is 127 cm³/mol. The number of rotatable bonds is 9. The number of phenolic OH excluding ortho intramolecular Hbond substituents is 1. The molecule has 1 aliphatic carbocycles. The van der Waals surface area contributed by atoms with Gasteiger partial charge in [-0.1, -0.05) is 58.1 Å². The molecule has 3 rings (SSSR count). The van der Waals surface area contributed by atoms with Crippen LogP contribution in [0.25, 0.3) is 0 Å². The minimum atomic E-state index is -0.384. The van der Waals surface area contributed by atoms with Gasteiger partial charge in [0.2, 0.25) is 11.8 Å². The Morgan fingerprint density at radius 2 is 2.03 bits per heavy atom. The van der Waals surface area contributed by atoms with Gasteiger partial charge in [-0.25, -0.2) is 0 Å². The van der Waals surface area contributed by atoms with Crippen molar-refractivity contribution in [3.05, 3.63) is 29.8 Å². The predicted octanol–water partition coefficient (Wildman–Crippen LogP) is 3.57. The summed E-state index contributed by atoms with van der Waals surface area (Å²) in [6.45, 7) is 7.52. The van der Waals surface area contributed by atoms with Crippen molar-refractivity contribution >= 4 is 11.8 Å². The van der Waals surface area contributed by atoms with E-state index >= 15 is 0 Å². The third kappa shape index (κ3) is 6.47. The quantitative estimate of drug-likeness (QED) is 0.544. The van der Waals surface area contributed by atoms with Gasteiger partial charge in [-0.2, -0.15) is 0 Å². The number of aromatic hydroxyl groups is 1. The van der Waals surface area contributed by atoms with Gasteiger partial charge in [0, 0.05) is 26.1 Å². The molecular weight excluding hydrogens is 402 g/mol. The number of carbonyl (C=O) groups is 2. The van der Waals surface area contributed by atoms with E-state index in [1.54, 1.807) is 6.07 Å². The Balaban J connectivity index is 1.63. The first kappa shape index (κ1) is 24.6. The lowest BCUT2D eigenvalue weighted by atomic mass is 9.68. The largest absolute Gasteiger partial charge is 0.508 e. The Kier molecular flexibility index (Phi) is 8.57. The molecule has 0 radical (unpaired) electrons. The molecule has 6 heteroatoms. The number of primary amides is 1. The van der Waals surface area contributed by atoms with Crippen LogP contribution in [0.5, 0.6) is 5.75 Å². The molecule has 4 N–H and O–H groups in total. The lowest BCUT2D eigenvalue weighted by Crippen LogP contribution is -2.50. The SMILES string of the molecule is CC1CN(CC(CC2CCCCC2)C(=O)NCCC(N)=O)CCC1(C)c1cccc(O)c1. The molecule has 2 fully saturated rings. The van der Waals surface area contributed by atoms with Crippen LogP contribution >= 0.6 is 0 Å². The van der Waals surface area contributed by atoms with Crippen molar-refractivity contribution in [3.63, 3.8) is 0 Å². The summed E-state index contributed by atoms with van der Waals surface area (Å²) < 4.78 is 0. The monoisotopic (exact) mass is 443 g/mol. The fourth-order valence-electron chi connectivity index (χ4n) is 5.63. The summed E-state index contributed by atoms with van der Waals surface area (Å²) in [4.78, 5) is 26.5. The van der Waals surface area contributed by atoms with Crippen LogP contribution in [0.3, 0.4) is 0 Å². The van der Waals surface area contributed by atoms with Gasteiger partial charge in [-0.15, -0.1) is 0 Å². The second-order valence-corrected chi connectivity index (χ2v) is 10.3. The number of likely N-dealkylation sites (tertiary alicyclic amines) is 1. The summed E-state index contributed by atoms with van der Waals surface area (Å²) >= 11 is 0. The first-order chi connectivity index (χ1) is 15.3. The summed E-state index contributed by atoms with van der Waals surface area (Å²) in [5, 5.41) is 12.9. The lowest BCUT2D eigenvalue weighted by molar-refractivity contribution is -0.126. The first-order valence-corrected chi connectivity index (χ1v) is 12.4. The number of amides is 2. The zero-order valence-corrected chi connectivity index (χ0v) is 19.8. The molecule has 32 heavy (non-hydrogen) atoms. The average Bonchev–Trinajstić information content (AvgIpc) is 2.76. The first-order valence-electron chi connectivity index (χ1n) is 12.4. The van der Waals surface area contributed by atoms with Crippen molar-refractivity contribution in [3.8, 4) is 5.75 Å². The Hall–Kier alpha value is -2.08. The molecule has 1 heterocycles. The molecular formula is C26H41N3O3. The zero-order valence-electron chi connectivity index (χ0n) is 19.8. The topological polar surface area (TPSA) is 95.7 Å². The van der Waals surface area contributed by atoms with Crippen LogP contribution in [0.4, 0.5) is 0 Å². The molecule has 2 amide bonds. The number of nitrogens with zero attached hydrogens (tertiary/aromatic N) is 1. The lowest BCUT2D eigenvalue weighted by Gasteiger charge is -2.46. The van der Waals surface area contributed by atoms with Crippen LogP contribution in [0, 0.1) is 17.8 Å². The van der Waals surface area contributed by atoms with E-state index in [1.807, 2.05) is 12.1 Å². The van der Waals surface area contributed by atoms with Gasteiger partial charge in [0.1, 0.15) is 5.75 Å². The smallest absolute Gasteiger partial charge is 0.224 e. The van der Waals surface area contributed by atoms with Crippen molar-refractivity contribution in [1.82, 2.24) is 10.2 Å². The number of hydrogen-bond acceptors (Lipinski definition) is 4. The number of hydrogen-bond donors (Lipinski definition) is 3. The molecule has 1 saturated heterocycles. The van der Waals surface area contributed by atoms with E-state index in [-0.39, 0.29) is 29.6 Å². The summed E-state index contributed by atoms with van der Waals surface area (Å²) in [6.07, 6.45) is 8.39. The highest BCUT2D eigenvalue weighted by Crippen LogP contribution is 2.40. The number of benzene rings is 1. The Labute approximate surface area is 192 Å². The molecule has 0 bridgehead atoms. The van der Waals surface area contributed by atoms with E-state index in [2.05, 4.69) is 30.1 Å². The van der Waals surface area contributed by atoms with E-state index < -0.39 is 0 Å². The number of piperidine rings is 1. The van der Waals surface area contributed by atoms with Crippen LogP contribution in [0.15, 0.2) is 24.3 Å². The van der Waals surface area contributed by atoms with Crippen molar-refractivity contribution in [2.75, 3.05) is 26.2 Å². The van der Waals surface area contributed by atoms with Gasteiger partial charge in [-0.05, 0) is 54.3 Å². The maximum atomic E-state index is 13.0. The zero-order chi connectivity index (χ0) is 23.1. The Bertz CT molecular complexity index is 777. The fourth-order valence-corrected chi connectivity index (χ4v) is 5.63. The van der Waals surface area contributed by atoms with Gasteiger partial charge < -0.3 is 21.1 Å². The van der Waals surface area contributed by atoms with Crippen molar-refractivity contribution < 1.29 is 14.7 Å². The molecule has 3 atom stereocenters. The van der Waals surface area contributed by atoms with Gasteiger partial charge in [0.05, 0.1) is 5.92 Å². The van der Waals surface area contributed by atoms with Gasteiger partial charge in [0.15, 0.2) is 0 Å². The average molecular weight is 444 g/mol. The van der Waals surface area contributed by atoms with E-state index in [9.17, 15) is 14.7 Å². The van der Waals surface area contributed by atoms with Crippen molar-refractivity contribution in [2.45, 2.75) is 70.6 Å². The van der Waals surface area contributed by atoms with E-state index in [4.69, 9.17) is 5.73 Å². The highest BCUT2D eigenvalue weighted by atomic mass is 16.3. The minimum Gasteiger partial charge on any atom is -0.508 e. The number of nitrogens with one attached hydrogen (secondary N) is 1. The third-order valence-electron chi connectivity index (χ3n) is 7.94. The second kappa shape index (κ2) is 11.2. The summed E-state index contributed by atoms with van der Waals surface area (Å²) in [6, 6.07) is 7.65. The van der Waals surface area contributed by atoms with Crippen LogP contribution < -0.4 is 11.1 Å². The Morgan fingerprint density at radius 3 is 2.69 bits per heavy atom. The highest BCUT2D eigenvalue weighted by Gasteiger charge is 2.39. The number of nitrogens with two attached hydrogens (primary N) is 1. The molecule has 0 aromatic heterocycles. The van der Waals surface area contributed by atoms with E-state index in [1.165, 1.54) is 37.7 Å². The standard InChI is InChI=1S/C26H41N3O3/c1-19-17-29(14-12-26(19,2)22-9-6-10-23(30)16-22)18-21(15-20-7-4-3-5-8-20)25(32)28-13-11-24(27)31/h6,9-10,16,19-21,30H,3-5,7-8,11-15,17-18H2,1-2H3,(H2,27,31)(H,28,32). The summed E-state index contributed by atoms with van der Waals surface area (Å²) in [7, 11) is 0. The van der Waals surface area contributed by atoms with Gasteiger partial charge in [-0.3, -0.25) is 9.59 Å². The molecule has 1 aliphatic heterocycles. The molecule has 1 aromatic carbocycles. The van der Waals surface area contributed by atoms with E-state index in [0.29, 0.717) is 24.1 Å². The van der Waals surface area contributed by atoms with Crippen LogP contribution in [0.1, 0.15) is 70.8 Å². The number of carbonyl (C=O) groups excluding carboxylic acids is 2. The third-order valence-corrected chi connectivity index (χ3v) is 7.94. The molecule has 1 saturated carbocycles. The normalized spacial score (nSPS) is 25.9. The maximum absolute atomic E-state index is 13.0. The van der Waals surface area contributed by atoms with Crippen LogP contribution in [-0.4, -0.2) is 48.0 Å². The van der Waals surface area contributed by atoms with Crippen LogP contribution in [0.2, 0.25) is 0 Å². The minimum absolute atomic E-state index is 0.0118. The molecule has 1 aromatic rings. The van der Waals surface area contributed by atoms with Gasteiger partial charge >= 0.3 is 0 Å². The summed E-state index contributed by atoms with van der Waals surface area (Å²) in [5.41, 5.74) is 6.44. The Morgan fingerprint density at radius 1 is 1.28 bits per heavy atom. The molecule has 6 nitrogen and oxygen atoms in total. The van der Waals surface area contributed by atoms with Crippen molar-refractivity contribution in [2.24, 2.45) is 23.5 Å². The molecule has 0 spiro atoms. The van der Waals surface area contributed by atoms with Crippen molar-refractivity contribution in [1.29, 1.82) is 0 Å².